The Bertz CT molecular complexity index is 440. The van der Waals surface area contributed by atoms with Crippen LogP contribution in [0.2, 0.25) is 0 Å². The lowest BCUT2D eigenvalue weighted by molar-refractivity contribution is 0.115. The first-order valence-electron chi connectivity index (χ1n) is 5.57. The fourth-order valence-electron chi connectivity index (χ4n) is 1.66. The molecule has 2 rings (SSSR count). The summed E-state index contributed by atoms with van der Waals surface area (Å²) in [6.45, 7) is 0.320. The topological polar surface area (TPSA) is 77.0 Å². The average molecular weight is 303 g/mol. The van der Waals surface area contributed by atoms with Gasteiger partial charge in [-0.3, -0.25) is 0 Å². The zero-order valence-corrected chi connectivity index (χ0v) is 12.2. The summed E-state index contributed by atoms with van der Waals surface area (Å²) in [6, 6.07) is 9.56. The minimum atomic E-state index is -0.650. The SMILES string of the molecule is Cl.N[C@H](Cc1ccccc1)[C@@H](O)Cn1nccn1.S. The smallest absolute Gasteiger partial charge is 0.0907 e. The van der Waals surface area contributed by atoms with Gasteiger partial charge in [-0.15, -0.1) is 12.4 Å². The van der Waals surface area contributed by atoms with Gasteiger partial charge < -0.3 is 10.8 Å². The second-order valence-electron chi connectivity index (χ2n) is 4.00. The van der Waals surface area contributed by atoms with Crippen molar-refractivity contribution in [3.63, 3.8) is 0 Å². The molecule has 0 amide bonds. The molecular weight excluding hydrogens is 284 g/mol. The first-order chi connectivity index (χ1) is 8.25. The van der Waals surface area contributed by atoms with Crippen LogP contribution in [0.5, 0.6) is 0 Å². The molecule has 7 heteroatoms. The molecule has 0 saturated heterocycles. The highest BCUT2D eigenvalue weighted by Crippen LogP contribution is 2.05. The van der Waals surface area contributed by atoms with Crippen LogP contribution in [0.1, 0.15) is 5.56 Å². The molecule has 0 fully saturated rings. The van der Waals surface area contributed by atoms with Crippen LogP contribution >= 0.6 is 25.9 Å². The molecule has 1 aromatic heterocycles. The van der Waals surface area contributed by atoms with Gasteiger partial charge >= 0.3 is 0 Å². The molecule has 1 heterocycles. The fraction of sp³-hybridized carbons (Fsp3) is 0.333. The Balaban J connectivity index is 0.00000162. The van der Waals surface area contributed by atoms with Crippen LogP contribution in [0.25, 0.3) is 0 Å². The van der Waals surface area contributed by atoms with Gasteiger partial charge in [0, 0.05) is 6.04 Å². The number of hydrogen-bond acceptors (Lipinski definition) is 4. The highest BCUT2D eigenvalue weighted by Gasteiger charge is 2.16. The van der Waals surface area contributed by atoms with E-state index in [1.807, 2.05) is 30.3 Å². The maximum absolute atomic E-state index is 9.92. The molecule has 0 aliphatic rings. The number of rotatable bonds is 5. The fourth-order valence-corrected chi connectivity index (χ4v) is 1.66. The van der Waals surface area contributed by atoms with Crippen molar-refractivity contribution < 1.29 is 5.11 Å². The third-order valence-electron chi connectivity index (χ3n) is 2.63. The minimum absolute atomic E-state index is 0. The van der Waals surface area contributed by atoms with Gasteiger partial charge in [0.2, 0.25) is 0 Å². The Morgan fingerprint density at radius 3 is 2.32 bits per heavy atom. The van der Waals surface area contributed by atoms with Crippen molar-refractivity contribution in [3.05, 3.63) is 48.3 Å². The number of nitrogens with two attached hydrogens (primary N) is 1. The van der Waals surface area contributed by atoms with Crippen molar-refractivity contribution in [1.29, 1.82) is 0 Å². The molecule has 0 aliphatic carbocycles. The van der Waals surface area contributed by atoms with Gasteiger partial charge in [-0.05, 0) is 12.0 Å². The standard InChI is InChI=1S/C12H16N4O.ClH.H2S/c13-11(8-10-4-2-1-3-5-10)12(17)9-16-14-6-7-15-16;;/h1-7,11-12,17H,8-9,13H2;1H;1H2/t11-,12+;;/m1../s1. The molecule has 3 N–H and O–H groups in total. The molecule has 2 aromatic rings. The van der Waals surface area contributed by atoms with Crippen molar-refractivity contribution >= 4 is 25.9 Å². The Kier molecular flexibility index (Phi) is 8.42. The Hall–Kier alpha value is -1.08. The van der Waals surface area contributed by atoms with Crippen molar-refractivity contribution in [2.75, 3.05) is 0 Å². The Morgan fingerprint density at radius 2 is 1.74 bits per heavy atom. The molecule has 0 spiro atoms. The van der Waals surface area contributed by atoms with E-state index in [9.17, 15) is 5.11 Å². The molecule has 106 valence electrons. The highest BCUT2D eigenvalue weighted by atomic mass is 35.5. The molecule has 0 unspecified atom stereocenters. The van der Waals surface area contributed by atoms with E-state index < -0.39 is 6.10 Å². The number of aromatic nitrogens is 3. The minimum Gasteiger partial charge on any atom is -0.389 e. The van der Waals surface area contributed by atoms with Crippen LogP contribution in [0.4, 0.5) is 0 Å². The van der Waals surface area contributed by atoms with Gasteiger partial charge in [-0.2, -0.15) is 28.5 Å². The summed E-state index contributed by atoms with van der Waals surface area (Å²) in [5.41, 5.74) is 7.06. The number of halogens is 1. The summed E-state index contributed by atoms with van der Waals surface area (Å²) in [4.78, 5) is 1.44. The van der Waals surface area contributed by atoms with Gasteiger partial charge in [0.15, 0.2) is 0 Å². The van der Waals surface area contributed by atoms with Crippen molar-refractivity contribution in [1.82, 2.24) is 15.0 Å². The quantitative estimate of drug-likeness (QED) is 0.854. The number of aliphatic hydroxyl groups excluding tert-OH is 1. The van der Waals surface area contributed by atoms with Crippen LogP contribution in [0, 0.1) is 0 Å². The summed E-state index contributed by atoms with van der Waals surface area (Å²) in [7, 11) is 0. The van der Waals surface area contributed by atoms with E-state index in [4.69, 9.17) is 5.73 Å². The van der Waals surface area contributed by atoms with Gasteiger partial charge in [0.05, 0.1) is 25.0 Å². The van der Waals surface area contributed by atoms with Crippen LogP contribution < -0.4 is 5.73 Å². The van der Waals surface area contributed by atoms with E-state index in [0.29, 0.717) is 13.0 Å². The Labute approximate surface area is 125 Å². The van der Waals surface area contributed by atoms with Crippen LogP contribution in [-0.2, 0) is 13.0 Å². The third kappa shape index (κ3) is 5.61. The summed E-state index contributed by atoms with van der Waals surface area (Å²) < 4.78 is 0. The van der Waals surface area contributed by atoms with E-state index in [1.165, 1.54) is 4.80 Å². The van der Waals surface area contributed by atoms with Gasteiger partial charge in [-0.1, -0.05) is 30.3 Å². The van der Waals surface area contributed by atoms with E-state index >= 15 is 0 Å². The first-order valence-corrected chi connectivity index (χ1v) is 5.57. The zero-order valence-electron chi connectivity index (χ0n) is 10.4. The van der Waals surface area contributed by atoms with E-state index in [-0.39, 0.29) is 31.9 Å². The summed E-state index contributed by atoms with van der Waals surface area (Å²) in [5.74, 6) is 0. The molecule has 0 bridgehead atoms. The van der Waals surface area contributed by atoms with Gasteiger partial charge in [0.25, 0.3) is 0 Å². The first kappa shape index (κ1) is 17.9. The molecule has 19 heavy (non-hydrogen) atoms. The molecule has 0 radical (unpaired) electrons. The second kappa shape index (κ2) is 8.92. The lowest BCUT2D eigenvalue weighted by atomic mass is 10.0. The second-order valence-corrected chi connectivity index (χ2v) is 4.00. The van der Waals surface area contributed by atoms with Crippen LogP contribution in [-0.4, -0.2) is 32.2 Å². The number of benzene rings is 1. The predicted octanol–water partition coefficient (Wildman–Crippen LogP) is 0.744. The van der Waals surface area contributed by atoms with Crippen LogP contribution in [0.15, 0.2) is 42.7 Å². The molecule has 1 aromatic carbocycles. The molecule has 2 atom stereocenters. The monoisotopic (exact) mass is 302 g/mol. The molecule has 5 nitrogen and oxygen atoms in total. The summed E-state index contributed by atoms with van der Waals surface area (Å²) in [6.07, 6.45) is 3.15. The molecule has 0 saturated carbocycles. The summed E-state index contributed by atoms with van der Waals surface area (Å²) >= 11 is 0. The summed E-state index contributed by atoms with van der Waals surface area (Å²) in [5, 5.41) is 17.8. The number of aliphatic hydroxyl groups is 1. The third-order valence-corrected chi connectivity index (χ3v) is 2.63. The van der Waals surface area contributed by atoms with Crippen molar-refractivity contribution in [3.8, 4) is 0 Å². The van der Waals surface area contributed by atoms with Crippen molar-refractivity contribution in [2.24, 2.45) is 5.73 Å². The maximum atomic E-state index is 9.92. The lowest BCUT2D eigenvalue weighted by Crippen LogP contribution is -2.39. The Morgan fingerprint density at radius 1 is 1.16 bits per heavy atom. The maximum Gasteiger partial charge on any atom is 0.0907 e. The van der Waals surface area contributed by atoms with E-state index in [0.717, 1.165) is 5.56 Å². The highest BCUT2D eigenvalue weighted by molar-refractivity contribution is 7.59. The number of hydrogen-bond donors (Lipinski definition) is 2. The van der Waals surface area contributed by atoms with Crippen molar-refractivity contribution in [2.45, 2.75) is 25.1 Å². The number of nitrogens with zero attached hydrogens (tertiary/aromatic N) is 3. The zero-order chi connectivity index (χ0) is 12.1. The predicted molar refractivity (Wildman–Crippen MR) is 81.8 cm³/mol. The molecular formula is C12H19ClN4OS. The van der Waals surface area contributed by atoms with Gasteiger partial charge in [-0.25, -0.2) is 0 Å². The average Bonchev–Trinajstić information content (AvgIpc) is 2.83. The van der Waals surface area contributed by atoms with E-state index in [1.54, 1.807) is 12.4 Å². The van der Waals surface area contributed by atoms with E-state index in [2.05, 4.69) is 10.2 Å². The lowest BCUT2D eigenvalue weighted by Gasteiger charge is -2.18. The van der Waals surface area contributed by atoms with Gasteiger partial charge in [0.1, 0.15) is 0 Å². The normalized spacial score (nSPS) is 12.9. The molecule has 0 aliphatic heterocycles. The van der Waals surface area contributed by atoms with Crippen LogP contribution in [0.3, 0.4) is 0 Å². The largest absolute Gasteiger partial charge is 0.389 e.